The summed E-state index contributed by atoms with van der Waals surface area (Å²) in [5.41, 5.74) is 3.09. The highest BCUT2D eigenvalue weighted by Gasteiger charge is 2.30. The highest BCUT2D eigenvalue weighted by atomic mass is 35.5. The third-order valence-corrected chi connectivity index (χ3v) is 5.16. The first-order chi connectivity index (χ1) is 12.5. The van der Waals surface area contributed by atoms with Crippen molar-refractivity contribution in [3.05, 3.63) is 64.7 Å². The summed E-state index contributed by atoms with van der Waals surface area (Å²) in [7, 11) is 3.99. The maximum atomic E-state index is 12.1. The minimum atomic E-state index is -0.221. The van der Waals surface area contributed by atoms with Crippen molar-refractivity contribution in [2.24, 2.45) is 10.2 Å². The van der Waals surface area contributed by atoms with Gasteiger partial charge in [0.25, 0.3) is 0 Å². The van der Waals surface area contributed by atoms with Crippen molar-refractivity contribution in [1.82, 2.24) is 5.32 Å². The molecule has 26 heavy (non-hydrogen) atoms. The third kappa shape index (κ3) is 4.86. The number of rotatable bonds is 5. The largest absolute Gasteiger partial charge is 0.378 e. The van der Waals surface area contributed by atoms with E-state index in [1.807, 2.05) is 67.5 Å². The van der Waals surface area contributed by atoms with E-state index in [4.69, 9.17) is 11.6 Å². The zero-order valence-corrected chi connectivity index (χ0v) is 16.1. The minimum absolute atomic E-state index is 0.0562. The molecule has 0 bridgehead atoms. The lowest BCUT2D eigenvalue weighted by molar-refractivity contribution is -0.118. The smallest absolute Gasteiger partial charge is 0.239 e. The summed E-state index contributed by atoms with van der Waals surface area (Å²) in [6, 6.07) is 15.5. The lowest BCUT2D eigenvalue weighted by Gasteiger charge is -2.11. The molecule has 1 saturated heterocycles. The van der Waals surface area contributed by atoms with Gasteiger partial charge in [-0.05, 0) is 41.8 Å². The van der Waals surface area contributed by atoms with Gasteiger partial charge in [-0.1, -0.05) is 47.6 Å². The molecule has 3 rings (SSSR count). The number of hydrogen-bond donors (Lipinski definition) is 1. The Hall–Kier alpha value is -2.31. The zero-order valence-electron chi connectivity index (χ0n) is 14.5. The summed E-state index contributed by atoms with van der Waals surface area (Å²) >= 11 is 7.38. The van der Waals surface area contributed by atoms with Gasteiger partial charge in [0.2, 0.25) is 5.91 Å². The van der Waals surface area contributed by atoms with Crippen LogP contribution in [0.5, 0.6) is 0 Å². The van der Waals surface area contributed by atoms with Gasteiger partial charge in [-0.2, -0.15) is 5.10 Å². The summed E-state index contributed by atoms with van der Waals surface area (Å²) in [5, 5.41) is 11.9. The number of carbonyl (C=O) groups is 1. The van der Waals surface area contributed by atoms with Gasteiger partial charge in [0.15, 0.2) is 5.17 Å². The van der Waals surface area contributed by atoms with Crippen LogP contribution in [0.15, 0.2) is 58.7 Å². The van der Waals surface area contributed by atoms with Crippen molar-refractivity contribution in [3.63, 3.8) is 0 Å². The van der Waals surface area contributed by atoms with Gasteiger partial charge in [0.05, 0.1) is 11.5 Å². The molecule has 2 aromatic rings. The highest BCUT2D eigenvalue weighted by Crippen LogP contribution is 2.24. The van der Waals surface area contributed by atoms with E-state index in [-0.39, 0.29) is 11.2 Å². The van der Waals surface area contributed by atoms with Crippen molar-refractivity contribution in [2.45, 2.75) is 11.7 Å². The van der Waals surface area contributed by atoms with Crippen LogP contribution in [-0.2, 0) is 11.2 Å². The van der Waals surface area contributed by atoms with Crippen molar-refractivity contribution in [1.29, 1.82) is 0 Å². The Balaban J connectivity index is 1.60. The predicted molar refractivity (Wildman–Crippen MR) is 110 cm³/mol. The van der Waals surface area contributed by atoms with Gasteiger partial charge >= 0.3 is 0 Å². The first kappa shape index (κ1) is 18.5. The Morgan fingerprint density at radius 3 is 2.69 bits per heavy atom. The molecule has 1 amide bonds. The molecule has 1 aliphatic heterocycles. The SMILES string of the molecule is CN(C)c1ccc(/C=N\N=C2/NC(=O)C(Cc3cccc(Cl)c3)S2)cc1. The molecule has 1 fully saturated rings. The normalized spacial score (nSPS) is 18.5. The Bertz CT molecular complexity index is 849. The standard InChI is InChI=1S/C19H19ClN4OS/c1-24(2)16-8-6-13(7-9-16)12-21-23-19-22-18(25)17(26-19)11-14-4-3-5-15(20)10-14/h3-10,12,17H,11H2,1-2H3,(H,22,23,25)/b21-12-. The second kappa shape index (κ2) is 8.38. The Morgan fingerprint density at radius 2 is 2.00 bits per heavy atom. The van der Waals surface area contributed by atoms with Crippen LogP contribution >= 0.6 is 23.4 Å². The number of hydrogen-bond acceptors (Lipinski definition) is 5. The Labute approximate surface area is 162 Å². The van der Waals surface area contributed by atoms with Crippen LogP contribution in [0, 0.1) is 0 Å². The van der Waals surface area contributed by atoms with E-state index in [9.17, 15) is 4.79 Å². The summed E-state index contributed by atoms with van der Waals surface area (Å²) in [5.74, 6) is -0.0562. The monoisotopic (exact) mass is 386 g/mol. The van der Waals surface area contributed by atoms with Crippen LogP contribution in [0.3, 0.4) is 0 Å². The third-order valence-electron chi connectivity index (χ3n) is 3.85. The van der Waals surface area contributed by atoms with Crippen molar-refractivity contribution in [2.75, 3.05) is 19.0 Å². The quantitative estimate of drug-likeness (QED) is 0.631. The molecule has 7 heteroatoms. The molecule has 1 heterocycles. The van der Waals surface area contributed by atoms with Crippen LogP contribution in [0.25, 0.3) is 0 Å². The number of nitrogens with one attached hydrogen (secondary N) is 1. The van der Waals surface area contributed by atoms with E-state index in [0.29, 0.717) is 16.6 Å². The summed E-state index contributed by atoms with van der Waals surface area (Å²) < 4.78 is 0. The van der Waals surface area contributed by atoms with Crippen LogP contribution in [-0.4, -0.2) is 36.6 Å². The Morgan fingerprint density at radius 1 is 1.23 bits per heavy atom. The number of amidine groups is 1. The average molecular weight is 387 g/mol. The number of anilines is 1. The van der Waals surface area contributed by atoms with E-state index >= 15 is 0 Å². The molecule has 1 N–H and O–H groups in total. The highest BCUT2D eigenvalue weighted by molar-refractivity contribution is 8.15. The molecule has 0 spiro atoms. The molecule has 0 radical (unpaired) electrons. The van der Waals surface area contributed by atoms with E-state index in [1.165, 1.54) is 11.8 Å². The Kier molecular flexibility index (Phi) is 5.96. The maximum Gasteiger partial charge on any atom is 0.239 e. The number of nitrogens with zero attached hydrogens (tertiary/aromatic N) is 3. The van der Waals surface area contributed by atoms with Crippen molar-refractivity contribution < 1.29 is 4.79 Å². The fourth-order valence-corrected chi connectivity index (χ4v) is 3.65. The fourth-order valence-electron chi connectivity index (χ4n) is 2.47. The van der Waals surface area contributed by atoms with Crippen LogP contribution < -0.4 is 10.2 Å². The minimum Gasteiger partial charge on any atom is -0.378 e. The summed E-state index contributed by atoms with van der Waals surface area (Å²) in [4.78, 5) is 14.1. The molecule has 0 aliphatic carbocycles. The summed E-state index contributed by atoms with van der Waals surface area (Å²) in [6.45, 7) is 0. The van der Waals surface area contributed by atoms with E-state index in [0.717, 1.165) is 16.8 Å². The lowest BCUT2D eigenvalue weighted by Crippen LogP contribution is -2.25. The van der Waals surface area contributed by atoms with Crippen LogP contribution in [0.2, 0.25) is 5.02 Å². The lowest BCUT2D eigenvalue weighted by atomic mass is 10.1. The van der Waals surface area contributed by atoms with E-state index in [1.54, 1.807) is 6.21 Å². The van der Waals surface area contributed by atoms with Crippen molar-refractivity contribution >= 4 is 46.3 Å². The second-order valence-corrected chi connectivity index (χ2v) is 7.69. The molecule has 1 atom stereocenters. The van der Waals surface area contributed by atoms with Gasteiger partial charge in [0, 0.05) is 24.8 Å². The van der Waals surface area contributed by atoms with E-state index < -0.39 is 0 Å². The summed E-state index contributed by atoms with van der Waals surface area (Å²) in [6.07, 6.45) is 2.27. The predicted octanol–water partition coefficient (Wildman–Crippen LogP) is 3.57. The number of amides is 1. The second-order valence-electron chi connectivity index (χ2n) is 6.07. The van der Waals surface area contributed by atoms with Gasteiger partial charge < -0.3 is 10.2 Å². The molecule has 134 valence electrons. The molecule has 0 aromatic heterocycles. The van der Waals surface area contributed by atoms with E-state index in [2.05, 4.69) is 15.5 Å². The fraction of sp³-hybridized carbons (Fsp3) is 0.211. The number of carbonyl (C=O) groups excluding carboxylic acids is 1. The first-order valence-corrected chi connectivity index (χ1v) is 9.37. The molecule has 2 aromatic carbocycles. The molecule has 5 nitrogen and oxygen atoms in total. The molecule has 1 aliphatic rings. The number of benzene rings is 2. The van der Waals surface area contributed by atoms with Gasteiger partial charge in [-0.3, -0.25) is 4.79 Å². The number of halogens is 1. The number of thioether (sulfide) groups is 1. The van der Waals surface area contributed by atoms with Crippen LogP contribution in [0.4, 0.5) is 5.69 Å². The first-order valence-electron chi connectivity index (χ1n) is 8.11. The molecular formula is C19H19ClN4OS. The van der Waals surface area contributed by atoms with Gasteiger partial charge in [0.1, 0.15) is 0 Å². The zero-order chi connectivity index (χ0) is 18.5. The molecule has 1 unspecified atom stereocenters. The van der Waals surface area contributed by atoms with Crippen LogP contribution in [0.1, 0.15) is 11.1 Å². The topological polar surface area (TPSA) is 57.1 Å². The van der Waals surface area contributed by atoms with Crippen molar-refractivity contribution in [3.8, 4) is 0 Å². The van der Waals surface area contributed by atoms with Gasteiger partial charge in [-0.25, -0.2) is 0 Å². The molecular weight excluding hydrogens is 368 g/mol. The van der Waals surface area contributed by atoms with Gasteiger partial charge in [-0.15, -0.1) is 5.10 Å². The molecule has 0 saturated carbocycles. The average Bonchev–Trinajstić information content (AvgIpc) is 2.95. The maximum absolute atomic E-state index is 12.1.